The van der Waals surface area contributed by atoms with E-state index in [-0.39, 0.29) is 0 Å². The molecule has 1 unspecified atom stereocenters. The Bertz CT molecular complexity index is 908. The Kier molecular flexibility index (Phi) is 4.63. The quantitative estimate of drug-likeness (QED) is 0.542. The zero-order valence-corrected chi connectivity index (χ0v) is 14.9. The monoisotopic (exact) mass is 352 g/mol. The van der Waals surface area contributed by atoms with Gasteiger partial charge in [-0.05, 0) is 36.7 Å². The molecule has 0 bridgehead atoms. The van der Waals surface area contributed by atoms with E-state index < -0.39 is 0 Å². The fourth-order valence-corrected chi connectivity index (χ4v) is 3.75. The number of thiazole rings is 1. The standard InChI is InChI=1S/C19H20N4OS/c1-14(12-23-9-8-20-13-23)10-21-11-15-6-7-17(24-15)19-22-16-4-2-3-5-18(16)25-19/h2-9,13-14,21H,10-12H2,1H3. The van der Waals surface area contributed by atoms with Crippen LogP contribution in [0.4, 0.5) is 0 Å². The highest BCUT2D eigenvalue weighted by Gasteiger charge is 2.10. The van der Waals surface area contributed by atoms with Gasteiger partial charge in [0.15, 0.2) is 10.8 Å². The summed E-state index contributed by atoms with van der Waals surface area (Å²) in [7, 11) is 0. The van der Waals surface area contributed by atoms with E-state index >= 15 is 0 Å². The molecule has 128 valence electrons. The van der Waals surface area contributed by atoms with Crippen molar-refractivity contribution in [3.05, 3.63) is 60.9 Å². The summed E-state index contributed by atoms with van der Waals surface area (Å²) in [5.41, 5.74) is 1.02. The third kappa shape index (κ3) is 3.81. The Morgan fingerprint density at radius 2 is 2.16 bits per heavy atom. The van der Waals surface area contributed by atoms with Gasteiger partial charge in [-0.1, -0.05) is 19.1 Å². The van der Waals surface area contributed by atoms with Crippen LogP contribution in [0.3, 0.4) is 0 Å². The molecule has 0 radical (unpaired) electrons. The van der Waals surface area contributed by atoms with E-state index in [2.05, 4.69) is 32.8 Å². The van der Waals surface area contributed by atoms with Gasteiger partial charge in [0.05, 0.1) is 23.1 Å². The number of fused-ring (bicyclic) bond motifs is 1. The number of hydrogen-bond acceptors (Lipinski definition) is 5. The topological polar surface area (TPSA) is 55.9 Å². The van der Waals surface area contributed by atoms with Crippen LogP contribution >= 0.6 is 11.3 Å². The van der Waals surface area contributed by atoms with Gasteiger partial charge in [0.2, 0.25) is 0 Å². The summed E-state index contributed by atoms with van der Waals surface area (Å²) in [5.74, 6) is 2.29. The van der Waals surface area contributed by atoms with Crippen LogP contribution in [0.2, 0.25) is 0 Å². The third-order valence-electron chi connectivity index (χ3n) is 4.04. The van der Waals surface area contributed by atoms with Gasteiger partial charge < -0.3 is 14.3 Å². The molecule has 0 aliphatic rings. The molecule has 0 aliphatic heterocycles. The highest BCUT2D eigenvalue weighted by Crippen LogP contribution is 2.31. The molecule has 4 rings (SSSR count). The molecule has 4 aromatic rings. The molecule has 1 aromatic carbocycles. The number of imidazole rings is 1. The molecule has 5 nitrogen and oxygen atoms in total. The maximum atomic E-state index is 5.96. The molecule has 0 saturated heterocycles. The zero-order chi connectivity index (χ0) is 17.1. The Morgan fingerprint density at radius 3 is 3.00 bits per heavy atom. The second-order valence-corrected chi connectivity index (χ2v) is 7.28. The van der Waals surface area contributed by atoms with Crippen molar-refractivity contribution < 1.29 is 4.42 Å². The first kappa shape index (κ1) is 16.1. The van der Waals surface area contributed by atoms with Crippen molar-refractivity contribution in [3.8, 4) is 10.8 Å². The second-order valence-electron chi connectivity index (χ2n) is 6.25. The Hall–Kier alpha value is -2.44. The Morgan fingerprint density at radius 1 is 1.24 bits per heavy atom. The van der Waals surface area contributed by atoms with Gasteiger partial charge in [-0.15, -0.1) is 11.3 Å². The minimum absolute atomic E-state index is 0.521. The average Bonchev–Trinajstić information content (AvgIpc) is 3.34. The minimum Gasteiger partial charge on any atom is -0.457 e. The first-order valence-electron chi connectivity index (χ1n) is 8.39. The van der Waals surface area contributed by atoms with Gasteiger partial charge >= 0.3 is 0 Å². The van der Waals surface area contributed by atoms with Gasteiger partial charge in [-0.3, -0.25) is 0 Å². The van der Waals surface area contributed by atoms with E-state index in [0.29, 0.717) is 5.92 Å². The lowest BCUT2D eigenvalue weighted by atomic mass is 10.2. The third-order valence-corrected chi connectivity index (χ3v) is 5.09. The summed E-state index contributed by atoms with van der Waals surface area (Å²) < 4.78 is 9.24. The number of para-hydroxylation sites is 1. The van der Waals surface area contributed by atoms with Crippen molar-refractivity contribution in [2.75, 3.05) is 6.54 Å². The first-order chi connectivity index (χ1) is 12.3. The van der Waals surface area contributed by atoms with Gasteiger partial charge in [-0.2, -0.15) is 0 Å². The highest BCUT2D eigenvalue weighted by molar-refractivity contribution is 7.21. The lowest BCUT2D eigenvalue weighted by Gasteiger charge is -2.12. The fraction of sp³-hybridized carbons (Fsp3) is 0.263. The SMILES string of the molecule is CC(CNCc1ccc(-c2nc3ccccc3s2)o1)Cn1ccnc1. The van der Waals surface area contributed by atoms with Gasteiger partial charge in [0.1, 0.15) is 5.76 Å². The number of hydrogen-bond donors (Lipinski definition) is 1. The van der Waals surface area contributed by atoms with Crippen LogP contribution in [-0.4, -0.2) is 21.1 Å². The van der Waals surface area contributed by atoms with Crippen LogP contribution in [-0.2, 0) is 13.1 Å². The summed E-state index contributed by atoms with van der Waals surface area (Å²) in [6.45, 7) is 4.83. The van der Waals surface area contributed by atoms with E-state index in [4.69, 9.17) is 4.42 Å². The lowest BCUT2D eigenvalue weighted by Crippen LogP contribution is -2.23. The maximum absolute atomic E-state index is 5.96. The van der Waals surface area contributed by atoms with Crippen molar-refractivity contribution in [2.24, 2.45) is 5.92 Å². The maximum Gasteiger partial charge on any atom is 0.163 e. The highest BCUT2D eigenvalue weighted by atomic mass is 32.1. The van der Waals surface area contributed by atoms with Crippen LogP contribution in [0.5, 0.6) is 0 Å². The molecular formula is C19H20N4OS. The molecule has 25 heavy (non-hydrogen) atoms. The molecule has 1 atom stereocenters. The van der Waals surface area contributed by atoms with Crippen molar-refractivity contribution in [1.29, 1.82) is 0 Å². The van der Waals surface area contributed by atoms with Crippen molar-refractivity contribution in [3.63, 3.8) is 0 Å². The van der Waals surface area contributed by atoms with Gasteiger partial charge in [-0.25, -0.2) is 9.97 Å². The summed E-state index contributed by atoms with van der Waals surface area (Å²) in [4.78, 5) is 8.72. The molecule has 1 N–H and O–H groups in total. The molecule has 6 heteroatoms. The van der Waals surface area contributed by atoms with Crippen LogP contribution in [0.1, 0.15) is 12.7 Å². The lowest BCUT2D eigenvalue weighted by molar-refractivity contribution is 0.423. The number of benzene rings is 1. The predicted molar refractivity (Wildman–Crippen MR) is 100 cm³/mol. The molecule has 0 fully saturated rings. The zero-order valence-electron chi connectivity index (χ0n) is 14.1. The van der Waals surface area contributed by atoms with E-state index in [9.17, 15) is 0 Å². The van der Waals surface area contributed by atoms with E-state index in [0.717, 1.165) is 41.7 Å². The van der Waals surface area contributed by atoms with Gasteiger partial charge in [0, 0.05) is 18.9 Å². The molecule has 0 amide bonds. The molecule has 0 spiro atoms. The van der Waals surface area contributed by atoms with Crippen LogP contribution in [0.15, 0.2) is 59.5 Å². The smallest absolute Gasteiger partial charge is 0.163 e. The van der Waals surface area contributed by atoms with Crippen LogP contribution in [0.25, 0.3) is 21.0 Å². The fourth-order valence-electron chi connectivity index (χ4n) is 2.83. The van der Waals surface area contributed by atoms with Gasteiger partial charge in [0.25, 0.3) is 0 Å². The second kappa shape index (κ2) is 7.21. The number of nitrogens with zero attached hydrogens (tertiary/aromatic N) is 3. The van der Waals surface area contributed by atoms with Crippen molar-refractivity contribution >= 4 is 21.6 Å². The Labute approximate surface area is 150 Å². The summed E-state index contributed by atoms with van der Waals surface area (Å²) in [6.07, 6.45) is 5.66. The van der Waals surface area contributed by atoms with E-state index in [1.807, 2.05) is 49.1 Å². The van der Waals surface area contributed by atoms with Crippen molar-refractivity contribution in [2.45, 2.75) is 20.0 Å². The van der Waals surface area contributed by atoms with Crippen LogP contribution < -0.4 is 5.32 Å². The van der Waals surface area contributed by atoms with E-state index in [1.165, 1.54) is 4.70 Å². The molecule has 0 saturated carbocycles. The number of nitrogens with one attached hydrogen (secondary N) is 1. The minimum atomic E-state index is 0.521. The van der Waals surface area contributed by atoms with Crippen LogP contribution in [0, 0.1) is 5.92 Å². The molecule has 0 aliphatic carbocycles. The predicted octanol–water partition coefficient (Wildman–Crippen LogP) is 4.18. The summed E-state index contributed by atoms with van der Waals surface area (Å²) >= 11 is 1.66. The summed E-state index contributed by atoms with van der Waals surface area (Å²) in [6, 6.07) is 12.2. The largest absolute Gasteiger partial charge is 0.457 e. The number of furan rings is 1. The van der Waals surface area contributed by atoms with Crippen molar-refractivity contribution in [1.82, 2.24) is 19.9 Å². The summed E-state index contributed by atoms with van der Waals surface area (Å²) in [5, 5.41) is 4.39. The molecule has 3 aromatic heterocycles. The molecular weight excluding hydrogens is 332 g/mol. The molecule has 3 heterocycles. The average molecular weight is 352 g/mol. The van der Waals surface area contributed by atoms with E-state index in [1.54, 1.807) is 11.3 Å². The first-order valence-corrected chi connectivity index (χ1v) is 9.21. The number of aromatic nitrogens is 3. The number of rotatable bonds is 7. The Balaban J connectivity index is 1.33. The normalized spacial score (nSPS) is 12.7.